The zero-order valence-electron chi connectivity index (χ0n) is 9.82. The number of nitrogens with zero attached hydrogens (tertiary/aromatic N) is 2. The Morgan fingerprint density at radius 3 is 2.06 bits per heavy atom. The number of quaternary nitrogens is 1. The second-order valence-electron chi connectivity index (χ2n) is 4.04. The molecular formula is C12H16N3O+. The minimum Gasteiger partial charge on any atom is -0.308 e. The highest BCUT2D eigenvalue weighted by Gasteiger charge is 2.17. The van der Waals surface area contributed by atoms with Crippen molar-refractivity contribution in [1.82, 2.24) is 9.36 Å². The summed E-state index contributed by atoms with van der Waals surface area (Å²) >= 11 is 0. The highest BCUT2D eigenvalue weighted by molar-refractivity contribution is 5.70. The molecule has 3 N–H and O–H groups in total. The van der Waals surface area contributed by atoms with Gasteiger partial charge in [0.05, 0.1) is 0 Å². The average Bonchev–Trinajstić information content (AvgIpc) is 2.46. The summed E-state index contributed by atoms with van der Waals surface area (Å²) in [6.45, 7) is 2.03. The summed E-state index contributed by atoms with van der Waals surface area (Å²) in [6, 6.07) is 7.92. The van der Waals surface area contributed by atoms with Crippen LogP contribution in [0.25, 0.3) is 11.1 Å². The molecular weight excluding hydrogens is 202 g/mol. The Balaban J connectivity index is 2.70. The van der Waals surface area contributed by atoms with Crippen molar-refractivity contribution in [2.75, 3.05) is 0 Å². The molecule has 2 aromatic rings. The van der Waals surface area contributed by atoms with Crippen LogP contribution in [0.15, 0.2) is 29.1 Å². The fourth-order valence-corrected chi connectivity index (χ4v) is 1.77. The molecule has 0 fully saturated rings. The molecule has 0 atom stereocenters. The van der Waals surface area contributed by atoms with Crippen molar-refractivity contribution in [3.8, 4) is 11.1 Å². The standard InChI is InChI=1S/C12H15N3O/c1-8-4-6-9(7-5-8)10-11(13)14(2)15(3)12(10)16/h4-7H,13H2,1-3H3/p+1. The molecule has 16 heavy (non-hydrogen) atoms. The van der Waals surface area contributed by atoms with Crippen molar-refractivity contribution >= 4 is 5.82 Å². The molecule has 4 heteroatoms. The molecule has 0 unspecified atom stereocenters. The SMILES string of the molecule is Cc1ccc(-c2c([NH3+])n(C)n(C)c2=O)cc1. The summed E-state index contributed by atoms with van der Waals surface area (Å²) in [7, 11) is 3.58. The molecule has 0 saturated heterocycles. The van der Waals surface area contributed by atoms with E-state index in [2.05, 4.69) is 5.73 Å². The lowest BCUT2D eigenvalue weighted by Crippen LogP contribution is -2.43. The first kappa shape index (κ1) is 10.7. The molecule has 0 amide bonds. The number of benzene rings is 1. The van der Waals surface area contributed by atoms with Crippen LogP contribution < -0.4 is 11.3 Å². The predicted molar refractivity (Wildman–Crippen MR) is 63.4 cm³/mol. The van der Waals surface area contributed by atoms with Gasteiger partial charge in [0.1, 0.15) is 5.56 Å². The second kappa shape index (κ2) is 3.64. The normalized spacial score (nSPS) is 10.8. The van der Waals surface area contributed by atoms with Crippen molar-refractivity contribution < 1.29 is 5.73 Å². The van der Waals surface area contributed by atoms with E-state index in [9.17, 15) is 4.79 Å². The fraction of sp³-hybridized carbons (Fsp3) is 0.250. The third-order valence-electron chi connectivity index (χ3n) is 2.98. The number of aromatic nitrogens is 2. The fourth-order valence-electron chi connectivity index (χ4n) is 1.77. The molecule has 84 valence electrons. The highest BCUT2D eigenvalue weighted by atomic mass is 16.1. The molecule has 2 rings (SSSR count). The van der Waals surface area contributed by atoms with Gasteiger partial charge < -0.3 is 5.73 Å². The third kappa shape index (κ3) is 1.47. The lowest BCUT2D eigenvalue weighted by Gasteiger charge is -1.98. The Hall–Kier alpha value is -1.81. The van der Waals surface area contributed by atoms with Gasteiger partial charge in [0.15, 0.2) is 0 Å². The Morgan fingerprint density at radius 2 is 1.62 bits per heavy atom. The van der Waals surface area contributed by atoms with Gasteiger partial charge in [0.25, 0.3) is 5.56 Å². The van der Waals surface area contributed by atoms with Crippen LogP contribution in [0.4, 0.5) is 5.82 Å². The zero-order chi connectivity index (χ0) is 11.9. The molecule has 1 aromatic heterocycles. The minimum absolute atomic E-state index is 0.00338. The molecule has 0 spiro atoms. The van der Waals surface area contributed by atoms with Gasteiger partial charge in [-0.25, -0.2) is 9.36 Å². The first-order chi connectivity index (χ1) is 7.52. The van der Waals surface area contributed by atoms with E-state index in [0.717, 1.165) is 11.4 Å². The minimum atomic E-state index is -0.00338. The van der Waals surface area contributed by atoms with Gasteiger partial charge in [-0.2, -0.15) is 0 Å². The number of aryl methyl sites for hydroxylation is 1. The summed E-state index contributed by atoms with van der Waals surface area (Å²) in [5, 5.41) is 0. The van der Waals surface area contributed by atoms with Crippen molar-refractivity contribution in [2.45, 2.75) is 6.92 Å². The van der Waals surface area contributed by atoms with Crippen molar-refractivity contribution in [1.29, 1.82) is 0 Å². The van der Waals surface area contributed by atoms with Crippen LogP contribution in [0.1, 0.15) is 5.56 Å². The van der Waals surface area contributed by atoms with Crippen LogP contribution >= 0.6 is 0 Å². The van der Waals surface area contributed by atoms with Crippen molar-refractivity contribution in [2.24, 2.45) is 14.1 Å². The van der Waals surface area contributed by atoms with Gasteiger partial charge in [-0.1, -0.05) is 29.8 Å². The first-order valence-corrected chi connectivity index (χ1v) is 5.17. The third-order valence-corrected chi connectivity index (χ3v) is 2.98. The highest BCUT2D eigenvalue weighted by Crippen LogP contribution is 2.21. The van der Waals surface area contributed by atoms with Gasteiger partial charge in [0, 0.05) is 14.1 Å². The lowest BCUT2D eigenvalue weighted by molar-refractivity contribution is -0.264. The van der Waals surface area contributed by atoms with Crippen molar-refractivity contribution in [3.05, 3.63) is 40.2 Å². The van der Waals surface area contributed by atoms with E-state index < -0.39 is 0 Å². The molecule has 1 aromatic carbocycles. The number of hydrogen-bond donors (Lipinski definition) is 1. The average molecular weight is 218 g/mol. The molecule has 1 heterocycles. The molecule has 0 saturated carbocycles. The van der Waals surface area contributed by atoms with E-state index in [1.54, 1.807) is 16.4 Å². The molecule has 0 radical (unpaired) electrons. The Kier molecular flexibility index (Phi) is 2.44. The summed E-state index contributed by atoms with van der Waals surface area (Å²) in [5.74, 6) is 0.747. The Bertz CT molecular complexity index is 576. The van der Waals surface area contributed by atoms with E-state index in [1.807, 2.05) is 38.2 Å². The van der Waals surface area contributed by atoms with E-state index >= 15 is 0 Å². The summed E-state index contributed by atoms with van der Waals surface area (Å²) in [5.41, 5.74) is 6.73. The molecule has 0 bridgehead atoms. The predicted octanol–water partition coefficient (Wildman–Crippen LogP) is 0.573. The van der Waals surface area contributed by atoms with E-state index in [0.29, 0.717) is 5.56 Å². The summed E-state index contributed by atoms with van der Waals surface area (Å²) in [4.78, 5) is 12.0. The van der Waals surface area contributed by atoms with Crippen LogP contribution in [0.5, 0.6) is 0 Å². The quantitative estimate of drug-likeness (QED) is 0.747. The van der Waals surface area contributed by atoms with Gasteiger partial charge in [0.2, 0.25) is 5.82 Å². The van der Waals surface area contributed by atoms with E-state index in [-0.39, 0.29) is 5.56 Å². The lowest BCUT2D eigenvalue weighted by atomic mass is 10.1. The van der Waals surface area contributed by atoms with Gasteiger partial charge in [-0.05, 0) is 12.5 Å². The van der Waals surface area contributed by atoms with E-state index in [4.69, 9.17) is 0 Å². The van der Waals surface area contributed by atoms with Crippen LogP contribution in [0.2, 0.25) is 0 Å². The van der Waals surface area contributed by atoms with Crippen LogP contribution in [0.3, 0.4) is 0 Å². The van der Waals surface area contributed by atoms with Gasteiger partial charge in [-0.15, -0.1) is 0 Å². The molecule has 0 aliphatic rings. The number of hydrogen-bond acceptors (Lipinski definition) is 1. The van der Waals surface area contributed by atoms with Gasteiger partial charge >= 0.3 is 0 Å². The van der Waals surface area contributed by atoms with Crippen LogP contribution in [0, 0.1) is 6.92 Å². The largest absolute Gasteiger partial charge is 0.308 e. The van der Waals surface area contributed by atoms with Gasteiger partial charge in [-0.3, -0.25) is 4.79 Å². The summed E-state index contributed by atoms with van der Waals surface area (Å²) < 4.78 is 3.33. The molecule has 4 nitrogen and oxygen atoms in total. The maximum atomic E-state index is 12.0. The van der Waals surface area contributed by atoms with Crippen LogP contribution in [-0.2, 0) is 14.1 Å². The monoisotopic (exact) mass is 218 g/mol. The maximum Gasteiger partial charge on any atom is 0.280 e. The van der Waals surface area contributed by atoms with Crippen molar-refractivity contribution in [3.63, 3.8) is 0 Å². The maximum absolute atomic E-state index is 12.0. The topological polar surface area (TPSA) is 54.6 Å². The van der Waals surface area contributed by atoms with Crippen LogP contribution in [-0.4, -0.2) is 9.36 Å². The first-order valence-electron chi connectivity index (χ1n) is 5.17. The molecule has 0 aliphatic heterocycles. The second-order valence-corrected chi connectivity index (χ2v) is 4.04. The van der Waals surface area contributed by atoms with E-state index in [1.165, 1.54) is 5.56 Å². The number of rotatable bonds is 1. The molecule has 0 aliphatic carbocycles. The summed E-state index contributed by atoms with van der Waals surface area (Å²) in [6.07, 6.45) is 0. The smallest absolute Gasteiger partial charge is 0.280 e. The zero-order valence-corrected chi connectivity index (χ0v) is 9.82. The Labute approximate surface area is 93.9 Å². The Morgan fingerprint density at radius 1 is 1.06 bits per heavy atom.